The van der Waals surface area contributed by atoms with Crippen molar-refractivity contribution in [3.8, 4) is 5.75 Å². The number of nitrogens with one attached hydrogen (secondary N) is 3. The molecule has 3 aromatic carbocycles. The summed E-state index contributed by atoms with van der Waals surface area (Å²) in [5.74, 6) is 0.791. The first-order valence-electron chi connectivity index (χ1n) is 12.9. The molecule has 0 fully saturated rings. The number of benzene rings is 3. The maximum absolute atomic E-state index is 13.9. The van der Waals surface area contributed by atoms with E-state index in [1.54, 1.807) is 30.2 Å². The van der Waals surface area contributed by atoms with Crippen LogP contribution in [0.3, 0.4) is 0 Å². The molecule has 1 unspecified atom stereocenters. The highest BCUT2D eigenvalue weighted by molar-refractivity contribution is 6.19. The number of rotatable bonds is 5. The van der Waals surface area contributed by atoms with Crippen molar-refractivity contribution in [2.75, 3.05) is 29.8 Å². The minimum atomic E-state index is -0.344. The molecule has 3 aromatic heterocycles. The standard InChI is InChI=1S/C31H25ClN4O4/c1-16-14-33-29-25(39-2)12-23-28(27(16)29)19(13-32)15-36(23)31(38)22-10-18-9-20(7-8-21(18)35-22)34-30(37)26-11-17-5-3-4-6-24(17)40-26/h3-12,14,19,33,35H,13,15H2,1-2H3,(H,34,37). The van der Waals surface area contributed by atoms with Crippen molar-refractivity contribution in [3.63, 3.8) is 0 Å². The first-order valence-corrected chi connectivity index (χ1v) is 13.5. The van der Waals surface area contributed by atoms with Gasteiger partial charge in [-0.25, -0.2) is 0 Å². The van der Waals surface area contributed by atoms with E-state index in [0.29, 0.717) is 35.1 Å². The molecule has 1 aliphatic rings. The summed E-state index contributed by atoms with van der Waals surface area (Å²) < 4.78 is 11.3. The molecule has 4 heterocycles. The van der Waals surface area contributed by atoms with Crippen LogP contribution in [0.25, 0.3) is 32.8 Å². The number of alkyl halides is 1. The summed E-state index contributed by atoms with van der Waals surface area (Å²) in [5.41, 5.74) is 6.34. The zero-order valence-corrected chi connectivity index (χ0v) is 22.6. The van der Waals surface area contributed by atoms with Crippen molar-refractivity contribution >= 4 is 67.6 Å². The molecular weight excluding hydrogens is 528 g/mol. The maximum atomic E-state index is 13.9. The fraction of sp³-hybridized carbons (Fsp3) is 0.161. The van der Waals surface area contributed by atoms with Crippen LogP contribution in [-0.2, 0) is 0 Å². The molecule has 0 saturated carbocycles. The van der Waals surface area contributed by atoms with Crippen molar-refractivity contribution < 1.29 is 18.7 Å². The molecule has 7 rings (SSSR count). The van der Waals surface area contributed by atoms with Crippen LogP contribution in [0.2, 0.25) is 0 Å². The zero-order valence-electron chi connectivity index (χ0n) is 21.8. The second-order valence-corrected chi connectivity index (χ2v) is 10.4. The van der Waals surface area contributed by atoms with Crippen molar-refractivity contribution in [1.29, 1.82) is 0 Å². The van der Waals surface area contributed by atoms with Crippen molar-refractivity contribution in [1.82, 2.24) is 9.97 Å². The SMILES string of the molecule is COc1cc2c(c3c(C)c[nH]c13)C(CCl)CN2C(=O)c1cc2cc(NC(=O)c3cc4ccccc4o3)ccc2[nH]1. The Balaban J connectivity index is 1.20. The molecule has 6 aromatic rings. The largest absolute Gasteiger partial charge is 0.494 e. The number of furan rings is 1. The molecular formula is C31H25ClN4O4. The van der Waals surface area contributed by atoms with Gasteiger partial charge in [0.05, 0.1) is 18.3 Å². The predicted molar refractivity (Wildman–Crippen MR) is 157 cm³/mol. The third-order valence-electron chi connectivity index (χ3n) is 7.65. The van der Waals surface area contributed by atoms with Gasteiger partial charge in [0.25, 0.3) is 11.8 Å². The second kappa shape index (κ2) is 9.20. The van der Waals surface area contributed by atoms with E-state index < -0.39 is 0 Å². The van der Waals surface area contributed by atoms with Gasteiger partial charge in [0.1, 0.15) is 17.0 Å². The number of nitrogens with zero attached hydrogens (tertiary/aromatic N) is 1. The van der Waals surface area contributed by atoms with E-state index in [1.165, 1.54) is 0 Å². The smallest absolute Gasteiger partial charge is 0.291 e. The summed E-state index contributed by atoms with van der Waals surface area (Å²) >= 11 is 6.41. The molecule has 0 spiro atoms. The predicted octanol–water partition coefficient (Wildman–Crippen LogP) is 6.95. The first-order chi connectivity index (χ1) is 19.4. The average molecular weight is 553 g/mol. The molecule has 3 N–H and O–H groups in total. The number of carbonyl (C=O) groups excluding carboxylic acids is 2. The number of aromatic amines is 2. The molecule has 2 amide bonds. The molecule has 40 heavy (non-hydrogen) atoms. The Bertz CT molecular complexity index is 1930. The van der Waals surface area contributed by atoms with Crippen molar-refractivity contribution in [2.45, 2.75) is 12.8 Å². The Kier molecular flexibility index (Phi) is 5.61. The number of anilines is 2. The van der Waals surface area contributed by atoms with E-state index in [-0.39, 0.29) is 23.5 Å². The third kappa shape index (κ3) is 3.75. The number of para-hydroxylation sites is 1. The van der Waals surface area contributed by atoms with Crippen molar-refractivity contribution in [3.05, 3.63) is 89.4 Å². The first kappa shape index (κ1) is 24.4. The highest BCUT2D eigenvalue weighted by Crippen LogP contribution is 2.46. The fourth-order valence-electron chi connectivity index (χ4n) is 5.75. The maximum Gasteiger partial charge on any atom is 0.291 e. The molecule has 1 atom stereocenters. The van der Waals surface area contributed by atoms with Crippen LogP contribution >= 0.6 is 11.6 Å². The van der Waals surface area contributed by atoms with Gasteiger partial charge in [-0.05, 0) is 54.4 Å². The van der Waals surface area contributed by atoms with E-state index >= 15 is 0 Å². The van der Waals surface area contributed by atoms with Crippen LogP contribution in [-0.4, -0.2) is 41.3 Å². The number of H-pyrrole nitrogens is 2. The number of aromatic nitrogens is 2. The fourth-order valence-corrected chi connectivity index (χ4v) is 6.00. The summed E-state index contributed by atoms with van der Waals surface area (Å²) in [4.78, 5) is 35.0. The topological polar surface area (TPSA) is 103 Å². The van der Waals surface area contributed by atoms with E-state index in [2.05, 4.69) is 15.3 Å². The normalized spacial score (nSPS) is 14.8. The van der Waals surface area contributed by atoms with Crippen molar-refractivity contribution in [2.24, 2.45) is 0 Å². The Labute approximate surface area is 233 Å². The van der Waals surface area contributed by atoms with Crippen LogP contribution in [0, 0.1) is 6.92 Å². The monoisotopic (exact) mass is 552 g/mol. The molecule has 0 aliphatic carbocycles. The van der Waals surface area contributed by atoms with Gasteiger partial charge >= 0.3 is 0 Å². The highest BCUT2D eigenvalue weighted by Gasteiger charge is 2.36. The van der Waals surface area contributed by atoms with E-state index in [9.17, 15) is 9.59 Å². The van der Waals surface area contributed by atoms with Crippen LogP contribution in [0.5, 0.6) is 5.75 Å². The third-order valence-corrected chi connectivity index (χ3v) is 8.02. The lowest BCUT2D eigenvalue weighted by Crippen LogP contribution is -2.30. The lowest BCUT2D eigenvalue weighted by Gasteiger charge is -2.18. The van der Waals surface area contributed by atoms with E-state index in [0.717, 1.165) is 44.0 Å². The van der Waals surface area contributed by atoms with Gasteiger partial charge in [-0.2, -0.15) is 0 Å². The number of hydrogen-bond acceptors (Lipinski definition) is 4. The quantitative estimate of drug-likeness (QED) is 0.201. The van der Waals surface area contributed by atoms with Gasteiger partial charge in [0, 0.05) is 58.0 Å². The Morgan fingerprint density at radius 2 is 1.98 bits per heavy atom. The molecule has 8 nitrogen and oxygen atoms in total. The Morgan fingerprint density at radius 3 is 2.77 bits per heavy atom. The summed E-state index contributed by atoms with van der Waals surface area (Å²) in [5, 5.41) is 5.61. The summed E-state index contributed by atoms with van der Waals surface area (Å²) in [6, 6.07) is 18.4. The number of amides is 2. The molecule has 0 bridgehead atoms. The van der Waals surface area contributed by atoms with Gasteiger partial charge in [-0.15, -0.1) is 11.6 Å². The zero-order chi connectivity index (χ0) is 27.5. The number of aryl methyl sites for hydroxylation is 1. The van der Waals surface area contributed by atoms with Gasteiger partial charge in [0.2, 0.25) is 0 Å². The van der Waals surface area contributed by atoms with Gasteiger partial charge < -0.3 is 29.3 Å². The molecule has 1 aliphatic heterocycles. The summed E-state index contributed by atoms with van der Waals surface area (Å²) in [6.45, 7) is 2.51. The summed E-state index contributed by atoms with van der Waals surface area (Å²) in [7, 11) is 1.62. The number of fused-ring (bicyclic) bond motifs is 5. The lowest BCUT2D eigenvalue weighted by molar-refractivity contribution is 0.0981. The number of ether oxygens (including phenoxy) is 1. The van der Waals surface area contributed by atoms with E-state index in [1.807, 2.05) is 55.6 Å². The Hall–Kier alpha value is -4.69. The number of methoxy groups -OCH3 is 1. The molecule has 0 radical (unpaired) electrons. The highest BCUT2D eigenvalue weighted by atomic mass is 35.5. The van der Waals surface area contributed by atoms with Crippen LogP contribution in [0.4, 0.5) is 11.4 Å². The van der Waals surface area contributed by atoms with Gasteiger partial charge in [-0.3, -0.25) is 9.59 Å². The van der Waals surface area contributed by atoms with Crippen LogP contribution in [0.15, 0.2) is 71.3 Å². The number of carbonyl (C=O) groups is 2. The number of hydrogen-bond donors (Lipinski definition) is 3. The second-order valence-electron chi connectivity index (χ2n) is 10.1. The van der Waals surface area contributed by atoms with Crippen LogP contribution < -0.4 is 15.0 Å². The minimum absolute atomic E-state index is 0.00651. The summed E-state index contributed by atoms with van der Waals surface area (Å²) in [6.07, 6.45) is 1.95. The Morgan fingerprint density at radius 1 is 1.12 bits per heavy atom. The van der Waals surface area contributed by atoms with E-state index in [4.69, 9.17) is 20.8 Å². The minimum Gasteiger partial charge on any atom is -0.494 e. The number of halogens is 1. The average Bonchev–Trinajstić information content (AvgIpc) is 3.75. The van der Waals surface area contributed by atoms with Gasteiger partial charge in [0.15, 0.2) is 5.76 Å². The molecule has 0 saturated heterocycles. The lowest BCUT2D eigenvalue weighted by atomic mass is 9.97. The van der Waals surface area contributed by atoms with Crippen LogP contribution in [0.1, 0.15) is 38.1 Å². The van der Waals surface area contributed by atoms with Gasteiger partial charge in [-0.1, -0.05) is 18.2 Å². The molecule has 9 heteroatoms. The molecule has 200 valence electrons.